The van der Waals surface area contributed by atoms with Crippen molar-refractivity contribution in [1.29, 1.82) is 0 Å². The van der Waals surface area contributed by atoms with E-state index in [1.807, 2.05) is 6.79 Å². The van der Waals surface area contributed by atoms with Crippen molar-refractivity contribution in [2.45, 2.75) is 36.1 Å². The van der Waals surface area contributed by atoms with Crippen LogP contribution < -0.4 is 0 Å². The summed E-state index contributed by atoms with van der Waals surface area (Å²) in [6.45, 7) is 6.73. The Balaban J connectivity index is -0.00000000751. The number of rotatable bonds is 2. The van der Waals surface area contributed by atoms with Gasteiger partial charge in [-0.05, 0) is 6.92 Å². The van der Waals surface area contributed by atoms with Crippen LogP contribution in [0.5, 0.6) is 0 Å². The molecule has 96 valence electrons. The Morgan fingerprint density at radius 2 is 1.27 bits per heavy atom. The van der Waals surface area contributed by atoms with Gasteiger partial charge in [0.15, 0.2) is 0 Å². The normalized spacial score (nSPS) is 3.33. The molecule has 0 fully saturated rings. The smallest absolute Gasteiger partial charge is 0.106 e. The Morgan fingerprint density at radius 1 is 1.07 bits per heavy atom. The largest absolute Gasteiger partial charge is 0.653 e. The third-order valence-electron chi connectivity index (χ3n) is 0.203. The summed E-state index contributed by atoms with van der Waals surface area (Å²) in [6.07, 6.45) is 1.50. The molecule has 0 aromatic carbocycles. The minimum absolute atomic E-state index is 0. The van der Waals surface area contributed by atoms with Crippen LogP contribution in [0.4, 0.5) is 0 Å². The molecule has 0 bridgehead atoms. The molecule has 0 aliphatic rings. The van der Waals surface area contributed by atoms with Crippen LogP contribution >= 0.6 is 0 Å². The van der Waals surface area contributed by atoms with Crippen LogP contribution in [-0.4, -0.2) is 26.2 Å². The van der Waals surface area contributed by atoms with E-state index >= 15 is 0 Å². The zero-order valence-electron chi connectivity index (χ0n) is 6.86. The fourth-order valence-corrected chi connectivity index (χ4v) is 0.0589. The number of carbonyl (C=O) groups excluding carboxylic acids is 3. The Labute approximate surface area is 123 Å². The van der Waals surface area contributed by atoms with E-state index in [1.165, 1.54) is 19.7 Å². The summed E-state index contributed by atoms with van der Waals surface area (Å²) in [5.74, 6) is 0. The molecule has 0 aromatic heterocycles. The van der Waals surface area contributed by atoms with Crippen molar-refractivity contribution in [2.75, 3.05) is 6.61 Å². The molecule has 4 nitrogen and oxygen atoms in total. The predicted octanol–water partition coefficient (Wildman–Crippen LogP) is 1.92. The first-order valence-corrected chi connectivity index (χ1v) is 2.40. The minimum Gasteiger partial charge on any atom is -0.653 e. The van der Waals surface area contributed by atoms with Crippen molar-refractivity contribution in [1.82, 2.24) is 0 Å². The van der Waals surface area contributed by atoms with Gasteiger partial charge in [0, 0.05) is 48.7 Å². The molecule has 0 atom stereocenters. The van der Waals surface area contributed by atoms with Gasteiger partial charge in [0.25, 0.3) is 0 Å². The maximum absolute atomic E-state index is 9.06. The molecule has 0 aliphatic heterocycles. The van der Waals surface area contributed by atoms with Crippen LogP contribution in [-0.2, 0) is 61.3 Å². The van der Waals surface area contributed by atoms with E-state index in [-0.39, 0.29) is 64.4 Å². The average molecular weight is 562 g/mol. The van der Waals surface area contributed by atoms with E-state index in [2.05, 4.69) is 4.74 Å². The Kier molecular flexibility index (Phi) is 555. The maximum atomic E-state index is 9.06. The topological polar surface area (TPSA) is 60.4 Å². The molecule has 0 amide bonds. The van der Waals surface area contributed by atoms with Crippen molar-refractivity contribution in [2.24, 2.45) is 0 Å². The van der Waals surface area contributed by atoms with Gasteiger partial charge in [-0.25, -0.2) is 0 Å². The van der Waals surface area contributed by atoms with Gasteiger partial charge >= 0.3 is 0 Å². The zero-order chi connectivity index (χ0) is 8.83. The SMILES string of the molecule is C.C.C.C=O.CCO[C-]=O.C[C-]=O.[W].[W]. The zero-order valence-corrected chi connectivity index (χ0v) is 12.7. The molecule has 0 aliphatic carbocycles. The maximum Gasteiger partial charge on any atom is 0.106 e. The number of carbonyl (C=O) groups is 1. The van der Waals surface area contributed by atoms with Gasteiger partial charge in [0.05, 0.1) is 0 Å². The molecule has 0 spiro atoms. The van der Waals surface area contributed by atoms with E-state index < -0.39 is 0 Å². The summed E-state index contributed by atoms with van der Waals surface area (Å²) in [6, 6.07) is 0. The first-order valence-electron chi connectivity index (χ1n) is 2.40. The van der Waals surface area contributed by atoms with Crippen LogP contribution in [0.1, 0.15) is 36.1 Å². The molecule has 0 saturated carbocycles. The van der Waals surface area contributed by atoms with E-state index in [1.54, 1.807) is 6.92 Å². The van der Waals surface area contributed by atoms with E-state index in [9.17, 15) is 0 Å². The first-order chi connectivity index (χ1) is 4.83. The van der Waals surface area contributed by atoms with Crippen LogP contribution in [0.2, 0.25) is 0 Å². The second-order valence-electron chi connectivity index (χ2n) is 0.720. The molecular formula is C9H22O4W2-2. The van der Waals surface area contributed by atoms with E-state index in [4.69, 9.17) is 14.4 Å². The Morgan fingerprint density at radius 3 is 1.27 bits per heavy atom. The number of hydrogen-bond acceptors (Lipinski definition) is 4. The summed E-state index contributed by atoms with van der Waals surface area (Å²) in [5.41, 5.74) is 0. The monoisotopic (exact) mass is 562 g/mol. The second kappa shape index (κ2) is 141. The van der Waals surface area contributed by atoms with Gasteiger partial charge in [-0.15, -0.1) is 0 Å². The quantitative estimate of drug-likeness (QED) is 0.484. The predicted molar refractivity (Wildman–Crippen MR) is 56.0 cm³/mol. The second-order valence-corrected chi connectivity index (χ2v) is 0.720. The Hall–Kier alpha value is 0.187. The van der Waals surface area contributed by atoms with Gasteiger partial charge in [-0.3, -0.25) is 6.29 Å². The van der Waals surface area contributed by atoms with Crippen LogP contribution in [0, 0.1) is 0 Å². The summed E-state index contributed by atoms with van der Waals surface area (Å²) in [5, 5.41) is 0. The van der Waals surface area contributed by atoms with Crippen molar-refractivity contribution in [3.8, 4) is 0 Å². The van der Waals surface area contributed by atoms with Crippen molar-refractivity contribution in [3.63, 3.8) is 0 Å². The van der Waals surface area contributed by atoms with Crippen molar-refractivity contribution < 1.29 is 61.3 Å². The van der Waals surface area contributed by atoms with Crippen LogP contribution in [0.3, 0.4) is 0 Å². The van der Waals surface area contributed by atoms with Crippen molar-refractivity contribution in [3.05, 3.63) is 0 Å². The summed E-state index contributed by atoms with van der Waals surface area (Å²) in [4.78, 5) is 25.7. The third-order valence-corrected chi connectivity index (χ3v) is 0.203. The van der Waals surface area contributed by atoms with Gasteiger partial charge < -0.3 is 19.1 Å². The third kappa shape index (κ3) is 441. The van der Waals surface area contributed by atoms with E-state index in [0.717, 1.165) is 0 Å². The molecule has 0 saturated heterocycles. The molecule has 6 heteroatoms. The van der Waals surface area contributed by atoms with Gasteiger partial charge in [-0.2, -0.15) is 6.92 Å². The summed E-state index contributed by atoms with van der Waals surface area (Å²) >= 11 is 0. The standard InChI is InChI=1S/C3H5O2.C2H3O.CH2O.3CH4.2W/c1-2-5-3-4;1-2-3;1-2;;;;;/h2H2,1H3;1H3;1H2;3*1H4;;/q2*-1;;;;;;. The number of ether oxygens (including phenoxy) is 1. The van der Waals surface area contributed by atoms with Gasteiger partial charge in [0.2, 0.25) is 0 Å². The fraction of sp³-hybridized carbons (Fsp3) is 0.667. The Bertz CT molecular complexity index is 73.1. The van der Waals surface area contributed by atoms with E-state index in [0.29, 0.717) is 6.61 Å². The summed E-state index contributed by atoms with van der Waals surface area (Å²) < 4.78 is 4.03. The minimum atomic E-state index is 0. The van der Waals surface area contributed by atoms with Gasteiger partial charge in [-0.1, -0.05) is 28.8 Å². The van der Waals surface area contributed by atoms with Crippen molar-refractivity contribution >= 4 is 19.5 Å². The molecule has 15 heavy (non-hydrogen) atoms. The molecule has 0 rings (SSSR count). The average Bonchev–Trinajstić information content (AvgIpc) is 1.96. The first kappa shape index (κ1) is 59.2. The fourth-order valence-electron chi connectivity index (χ4n) is 0.0589. The van der Waals surface area contributed by atoms with Gasteiger partial charge in [0.1, 0.15) is 6.79 Å². The summed E-state index contributed by atoms with van der Waals surface area (Å²) in [7, 11) is 0. The molecule has 0 unspecified atom stereocenters. The number of hydrogen-bond donors (Lipinski definition) is 0. The molecular weight excluding hydrogens is 540 g/mol. The van der Waals surface area contributed by atoms with Crippen LogP contribution in [0.25, 0.3) is 0 Å². The molecule has 0 radical (unpaired) electrons. The molecule has 0 heterocycles. The molecule has 0 N–H and O–H groups in total. The van der Waals surface area contributed by atoms with Crippen LogP contribution in [0.15, 0.2) is 0 Å². The molecule has 0 aromatic rings.